The fourth-order valence-corrected chi connectivity index (χ4v) is 1.79. The van der Waals surface area contributed by atoms with Crippen LogP contribution in [0.15, 0.2) is 15.7 Å². The van der Waals surface area contributed by atoms with Gasteiger partial charge in [-0.15, -0.1) is 0 Å². The Hall–Kier alpha value is -0.640. The SMILES string of the molecule is CC1=NC[C@H](C)n2nc(Br)cc21. The highest BCUT2D eigenvalue weighted by Gasteiger charge is 2.18. The molecule has 0 radical (unpaired) electrons. The maximum absolute atomic E-state index is 4.40. The molecular formula is C8H10BrN3. The van der Waals surface area contributed by atoms with Crippen LogP contribution < -0.4 is 0 Å². The summed E-state index contributed by atoms with van der Waals surface area (Å²) in [5.41, 5.74) is 2.20. The number of rotatable bonds is 0. The maximum atomic E-state index is 4.40. The topological polar surface area (TPSA) is 30.2 Å². The highest BCUT2D eigenvalue weighted by atomic mass is 79.9. The molecule has 4 heteroatoms. The monoisotopic (exact) mass is 227 g/mol. The smallest absolute Gasteiger partial charge is 0.128 e. The van der Waals surface area contributed by atoms with E-state index in [0.717, 1.165) is 22.6 Å². The Balaban J connectivity index is 2.57. The van der Waals surface area contributed by atoms with Crippen LogP contribution in [0.5, 0.6) is 0 Å². The molecule has 0 aromatic carbocycles. The minimum atomic E-state index is 0.384. The number of nitrogens with zero attached hydrogens (tertiary/aromatic N) is 3. The summed E-state index contributed by atoms with van der Waals surface area (Å²) < 4.78 is 2.91. The van der Waals surface area contributed by atoms with Crippen molar-refractivity contribution >= 4 is 21.6 Å². The molecule has 2 heterocycles. The van der Waals surface area contributed by atoms with Crippen molar-refractivity contribution in [2.24, 2.45) is 4.99 Å². The Morgan fingerprint density at radius 2 is 2.42 bits per heavy atom. The van der Waals surface area contributed by atoms with Crippen molar-refractivity contribution in [2.45, 2.75) is 19.9 Å². The molecule has 0 unspecified atom stereocenters. The lowest BCUT2D eigenvalue weighted by atomic mass is 10.2. The van der Waals surface area contributed by atoms with Crippen molar-refractivity contribution in [1.29, 1.82) is 0 Å². The normalized spacial score (nSPS) is 21.9. The molecule has 0 saturated heterocycles. The van der Waals surface area contributed by atoms with Gasteiger partial charge in [0.2, 0.25) is 0 Å². The number of hydrogen-bond donors (Lipinski definition) is 0. The van der Waals surface area contributed by atoms with E-state index in [9.17, 15) is 0 Å². The summed E-state index contributed by atoms with van der Waals surface area (Å²) in [6.45, 7) is 4.98. The molecule has 1 aliphatic rings. The van der Waals surface area contributed by atoms with E-state index in [-0.39, 0.29) is 0 Å². The lowest BCUT2D eigenvalue weighted by Gasteiger charge is -2.18. The van der Waals surface area contributed by atoms with Crippen LogP contribution in [0.2, 0.25) is 0 Å². The first-order valence-corrected chi connectivity index (χ1v) is 4.74. The molecule has 0 spiro atoms. The van der Waals surface area contributed by atoms with Gasteiger partial charge in [-0.25, -0.2) is 0 Å². The van der Waals surface area contributed by atoms with Crippen LogP contribution in [0.25, 0.3) is 0 Å². The zero-order valence-electron chi connectivity index (χ0n) is 7.08. The average molecular weight is 228 g/mol. The molecule has 64 valence electrons. The van der Waals surface area contributed by atoms with Gasteiger partial charge in [0.1, 0.15) is 4.60 Å². The molecule has 1 aromatic rings. The summed E-state index contributed by atoms with van der Waals surface area (Å²) in [7, 11) is 0. The average Bonchev–Trinajstić information content (AvgIpc) is 2.41. The predicted octanol–water partition coefficient (Wildman–Crippen LogP) is 2.03. The second-order valence-corrected chi connectivity index (χ2v) is 3.88. The highest BCUT2D eigenvalue weighted by Crippen LogP contribution is 2.20. The van der Waals surface area contributed by atoms with Gasteiger partial charge in [-0.05, 0) is 35.8 Å². The number of aliphatic imine (C=N–C) groups is 1. The first kappa shape index (κ1) is 7.98. The van der Waals surface area contributed by atoms with E-state index in [4.69, 9.17) is 0 Å². The van der Waals surface area contributed by atoms with Gasteiger partial charge >= 0.3 is 0 Å². The molecule has 1 atom stereocenters. The lowest BCUT2D eigenvalue weighted by molar-refractivity contribution is 0.485. The molecule has 12 heavy (non-hydrogen) atoms. The van der Waals surface area contributed by atoms with Crippen molar-refractivity contribution in [3.8, 4) is 0 Å². The highest BCUT2D eigenvalue weighted by molar-refractivity contribution is 9.10. The van der Waals surface area contributed by atoms with Crippen molar-refractivity contribution in [1.82, 2.24) is 9.78 Å². The third-order valence-electron chi connectivity index (χ3n) is 2.09. The molecule has 1 aliphatic heterocycles. The van der Waals surface area contributed by atoms with E-state index in [1.807, 2.05) is 17.7 Å². The van der Waals surface area contributed by atoms with Crippen LogP contribution in [0.4, 0.5) is 0 Å². The molecule has 2 rings (SSSR count). The zero-order chi connectivity index (χ0) is 8.72. The van der Waals surface area contributed by atoms with Gasteiger partial charge in [0.25, 0.3) is 0 Å². The summed E-state index contributed by atoms with van der Waals surface area (Å²) >= 11 is 3.36. The summed E-state index contributed by atoms with van der Waals surface area (Å²) in [4.78, 5) is 4.40. The molecular weight excluding hydrogens is 218 g/mol. The number of hydrogen-bond acceptors (Lipinski definition) is 2. The molecule has 1 aromatic heterocycles. The third kappa shape index (κ3) is 1.10. The number of aromatic nitrogens is 2. The van der Waals surface area contributed by atoms with Crippen LogP contribution >= 0.6 is 15.9 Å². The Morgan fingerprint density at radius 1 is 1.67 bits per heavy atom. The molecule has 0 fully saturated rings. The van der Waals surface area contributed by atoms with E-state index < -0.39 is 0 Å². The van der Waals surface area contributed by atoms with E-state index >= 15 is 0 Å². The van der Waals surface area contributed by atoms with Crippen molar-refractivity contribution in [3.63, 3.8) is 0 Å². The second-order valence-electron chi connectivity index (χ2n) is 3.07. The van der Waals surface area contributed by atoms with Crippen molar-refractivity contribution in [3.05, 3.63) is 16.4 Å². The van der Waals surface area contributed by atoms with E-state index in [2.05, 4.69) is 32.9 Å². The summed E-state index contributed by atoms with van der Waals surface area (Å²) in [5.74, 6) is 0. The quantitative estimate of drug-likeness (QED) is 0.668. The van der Waals surface area contributed by atoms with Gasteiger partial charge in [0, 0.05) is 0 Å². The van der Waals surface area contributed by atoms with Gasteiger partial charge in [0.05, 0.1) is 24.0 Å². The van der Waals surface area contributed by atoms with E-state index in [0.29, 0.717) is 6.04 Å². The van der Waals surface area contributed by atoms with Crippen LogP contribution in [-0.4, -0.2) is 22.0 Å². The zero-order valence-corrected chi connectivity index (χ0v) is 8.67. The molecule has 0 N–H and O–H groups in total. The molecule has 0 bridgehead atoms. The molecule has 0 saturated carbocycles. The molecule has 3 nitrogen and oxygen atoms in total. The Kier molecular flexibility index (Phi) is 1.79. The maximum Gasteiger partial charge on any atom is 0.128 e. The summed E-state index contributed by atoms with van der Waals surface area (Å²) in [6.07, 6.45) is 0. The third-order valence-corrected chi connectivity index (χ3v) is 2.47. The first-order valence-electron chi connectivity index (χ1n) is 3.95. The van der Waals surface area contributed by atoms with Crippen LogP contribution in [0.3, 0.4) is 0 Å². The second kappa shape index (κ2) is 2.69. The van der Waals surface area contributed by atoms with Crippen LogP contribution in [0, 0.1) is 0 Å². The standard InChI is InChI=1S/C8H10BrN3/c1-5-4-10-6(2)7-3-8(9)11-12(5)7/h3,5H,4H2,1-2H3/t5-/m0/s1. The Labute approximate surface area is 79.6 Å². The molecule has 0 amide bonds. The molecule has 0 aliphatic carbocycles. The van der Waals surface area contributed by atoms with Gasteiger partial charge in [0.15, 0.2) is 0 Å². The predicted molar refractivity (Wildman–Crippen MR) is 51.7 cm³/mol. The van der Waals surface area contributed by atoms with Crippen molar-refractivity contribution < 1.29 is 0 Å². The fraction of sp³-hybridized carbons (Fsp3) is 0.500. The van der Waals surface area contributed by atoms with E-state index in [1.54, 1.807) is 0 Å². The van der Waals surface area contributed by atoms with Crippen molar-refractivity contribution in [2.75, 3.05) is 6.54 Å². The Bertz CT molecular complexity index is 340. The van der Waals surface area contributed by atoms with Crippen LogP contribution in [-0.2, 0) is 0 Å². The largest absolute Gasteiger partial charge is 0.286 e. The number of halogens is 1. The minimum absolute atomic E-state index is 0.384. The fourth-order valence-electron chi connectivity index (χ4n) is 1.40. The summed E-state index contributed by atoms with van der Waals surface area (Å²) in [6, 6.07) is 2.39. The van der Waals surface area contributed by atoms with Gasteiger partial charge in [-0.1, -0.05) is 0 Å². The Morgan fingerprint density at radius 3 is 3.08 bits per heavy atom. The minimum Gasteiger partial charge on any atom is -0.286 e. The van der Waals surface area contributed by atoms with Gasteiger partial charge in [-0.2, -0.15) is 5.10 Å². The van der Waals surface area contributed by atoms with E-state index in [1.165, 1.54) is 0 Å². The van der Waals surface area contributed by atoms with Crippen LogP contribution in [0.1, 0.15) is 25.6 Å². The van der Waals surface area contributed by atoms with Gasteiger partial charge < -0.3 is 0 Å². The lowest BCUT2D eigenvalue weighted by Crippen LogP contribution is -2.21. The first-order chi connectivity index (χ1) is 5.68. The van der Waals surface area contributed by atoms with Gasteiger partial charge in [-0.3, -0.25) is 9.67 Å². The number of fused-ring (bicyclic) bond motifs is 1. The summed E-state index contributed by atoms with van der Waals surface area (Å²) in [5, 5.41) is 4.34.